The van der Waals surface area contributed by atoms with Gasteiger partial charge in [-0.1, -0.05) is 23.2 Å². The first-order valence-electron chi connectivity index (χ1n) is 8.19. The molecular weight excluding hydrogens is 471 g/mol. The average molecular weight is 490 g/mol. The molecule has 148 valence electrons. The van der Waals surface area contributed by atoms with Gasteiger partial charge in [-0.05, 0) is 54.9 Å². The Morgan fingerprint density at radius 2 is 1.36 bits per heavy atom. The summed E-state index contributed by atoms with van der Waals surface area (Å²) in [5.41, 5.74) is 1.88. The van der Waals surface area contributed by atoms with Crippen molar-refractivity contribution in [2.45, 2.75) is 25.5 Å². The van der Waals surface area contributed by atoms with E-state index in [1.165, 1.54) is 35.3 Å². The number of carbonyl (C=O) groups excluding carboxylic acids is 1. The highest BCUT2D eigenvalue weighted by Gasteiger charge is 2.45. The van der Waals surface area contributed by atoms with E-state index < -0.39 is 5.92 Å². The van der Waals surface area contributed by atoms with Crippen LogP contribution in [0.2, 0.25) is 10.0 Å². The van der Waals surface area contributed by atoms with Gasteiger partial charge in [0.05, 0.1) is 15.6 Å². The molecule has 0 spiro atoms. The maximum atomic E-state index is 13.3. The van der Waals surface area contributed by atoms with Crippen molar-refractivity contribution in [3.63, 3.8) is 0 Å². The number of carbonyl (C=O) groups is 1. The predicted octanol–water partition coefficient (Wildman–Crippen LogP) is 7.52. The fourth-order valence-corrected chi connectivity index (χ4v) is 6.90. The fraction of sp³-hybridized carbons (Fsp3) is 0.250. The Morgan fingerprint density at radius 3 is 1.86 bits per heavy atom. The monoisotopic (exact) mass is 488 g/mol. The lowest BCUT2D eigenvalue weighted by Gasteiger charge is -2.32. The van der Waals surface area contributed by atoms with E-state index in [0.717, 1.165) is 30.7 Å². The number of ketones is 1. The molecule has 0 amide bonds. The van der Waals surface area contributed by atoms with Crippen LogP contribution in [-0.4, -0.2) is 35.9 Å². The molecular formula is C20H18Cl2O2S4. The molecule has 28 heavy (non-hydrogen) atoms. The second-order valence-electron chi connectivity index (χ2n) is 5.91. The van der Waals surface area contributed by atoms with E-state index in [0.29, 0.717) is 15.6 Å². The molecule has 0 heterocycles. The summed E-state index contributed by atoms with van der Waals surface area (Å²) in [4.78, 5) is 16.8. The zero-order valence-corrected chi connectivity index (χ0v) is 20.4. The molecule has 0 aliphatic heterocycles. The van der Waals surface area contributed by atoms with Crippen molar-refractivity contribution in [3.8, 4) is 0 Å². The van der Waals surface area contributed by atoms with Gasteiger partial charge >= 0.3 is 0 Å². The van der Waals surface area contributed by atoms with Gasteiger partial charge in [0.2, 0.25) is 0 Å². The summed E-state index contributed by atoms with van der Waals surface area (Å²) >= 11 is 18.8. The van der Waals surface area contributed by atoms with E-state index in [1.807, 2.05) is 49.3 Å². The summed E-state index contributed by atoms with van der Waals surface area (Å²) in [5.74, 6) is -0.703. The molecule has 0 saturated carbocycles. The van der Waals surface area contributed by atoms with Gasteiger partial charge in [-0.2, -0.15) is 0 Å². The van der Waals surface area contributed by atoms with Crippen LogP contribution in [0.15, 0.2) is 49.6 Å². The van der Waals surface area contributed by atoms with Crippen molar-refractivity contribution >= 4 is 81.6 Å². The summed E-state index contributed by atoms with van der Waals surface area (Å²) < 4.78 is 0. The Bertz CT molecular complexity index is 989. The number of rotatable bonds is 6. The van der Waals surface area contributed by atoms with Gasteiger partial charge < -0.3 is 5.11 Å². The smallest absolute Gasteiger partial charge is 0.182 e. The van der Waals surface area contributed by atoms with E-state index in [2.05, 4.69) is 0 Å². The molecule has 8 heteroatoms. The molecule has 2 aromatic rings. The lowest BCUT2D eigenvalue weighted by molar-refractivity contribution is -0.116. The first kappa shape index (κ1) is 22.3. The number of thioether (sulfide) groups is 4. The van der Waals surface area contributed by atoms with Gasteiger partial charge in [-0.15, -0.1) is 47.0 Å². The molecule has 1 unspecified atom stereocenters. The Kier molecular flexibility index (Phi) is 7.32. The van der Waals surface area contributed by atoms with Crippen LogP contribution in [0.25, 0.3) is 5.57 Å². The molecule has 1 aliphatic carbocycles. The minimum atomic E-state index is -0.693. The minimum Gasteiger partial charge on any atom is -0.510 e. The molecule has 2 nitrogen and oxygen atoms in total. The summed E-state index contributed by atoms with van der Waals surface area (Å²) in [6.45, 7) is 0. The summed E-state index contributed by atoms with van der Waals surface area (Å²) in [6.07, 6.45) is 7.75. The number of Topliss-reactive ketones (excluding diaryl/α,β-unsaturated/α-hetero) is 1. The number of benzene rings is 2. The lowest BCUT2D eigenvalue weighted by atomic mass is 9.75. The summed E-state index contributed by atoms with van der Waals surface area (Å²) in [6, 6.07) is 7.46. The van der Waals surface area contributed by atoms with Crippen LogP contribution < -0.4 is 0 Å². The highest BCUT2D eigenvalue weighted by Crippen LogP contribution is 2.52. The van der Waals surface area contributed by atoms with Gasteiger partial charge in [-0.25, -0.2) is 0 Å². The predicted molar refractivity (Wildman–Crippen MR) is 127 cm³/mol. The van der Waals surface area contributed by atoms with Gasteiger partial charge in [0.15, 0.2) is 5.78 Å². The Labute approximate surface area is 192 Å². The van der Waals surface area contributed by atoms with Gasteiger partial charge in [-0.3, -0.25) is 4.79 Å². The second kappa shape index (κ2) is 9.19. The zero-order chi connectivity index (χ0) is 20.6. The Hall–Kier alpha value is -0.370. The maximum Gasteiger partial charge on any atom is 0.182 e. The number of halogens is 2. The number of hydrogen-bond donors (Lipinski definition) is 1. The average Bonchev–Trinajstić information content (AvgIpc) is 2.69. The zero-order valence-electron chi connectivity index (χ0n) is 15.6. The molecule has 2 aromatic carbocycles. The van der Waals surface area contributed by atoms with Crippen LogP contribution in [-0.2, 0) is 4.79 Å². The third-order valence-corrected chi connectivity index (χ3v) is 8.71. The van der Waals surface area contributed by atoms with Crippen LogP contribution in [0, 0.1) is 0 Å². The van der Waals surface area contributed by atoms with Gasteiger partial charge in [0, 0.05) is 25.1 Å². The van der Waals surface area contributed by atoms with Crippen LogP contribution in [0.3, 0.4) is 0 Å². The Morgan fingerprint density at radius 1 is 0.821 bits per heavy atom. The van der Waals surface area contributed by atoms with E-state index in [9.17, 15) is 9.90 Å². The lowest BCUT2D eigenvalue weighted by Crippen LogP contribution is -2.30. The molecule has 3 rings (SSSR count). The van der Waals surface area contributed by atoms with Crippen LogP contribution >= 0.6 is 70.2 Å². The third kappa shape index (κ3) is 3.61. The van der Waals surface area contributed by atoms with Crippen LogP contribution in [0.1, 0.15) is 17.0 Å². The van der Waals surface area contributed by atoms with Crippen molar-refractivity contribution in [1.82, 2.24) is 0 Å². The van der Waals surface area contributed by atoms with Crippen molar-refractivity contribution in [2.75, 3.05) is 25.0 Å². The minimum absolute atomic E-state index is 0.0886. The SMILES string of the molecule is CSc1ccc(Cl)c(SC)c1C1=C(O)C(c2c(SC)ccc(Cl)c2SC)C1=O. The number of allylic oxidation sites excluding steroid dienone is 2. The molecule has 1 atom stereocenters. The van der Waals surface area contributed by atoms with Crippen molar-refractivity contribution < 1.29 is 9.90 Å². The van der Waals surface area contributed by atoms with E-state index in [1.54, 1.807) is 11.8 Å². The summed E-state index contributed by atoms with van der Waals surface area (Å²) in [7, 11) is 0. The van der Waals surface area contributed by atoms with Gasteiger partial charge in [0.25, 0.3) is 0 Å². The van der Waals surface area contributed by atoms with E-state index >= 15 is 0 Å². The molecule has 0 fully saturated rings. The first-order valence-corrected chi connectivity index (χ1v) is 13.8. The third-order valence-electron chi connectivity index (χ3n) is 4.60. The molecule has 0 saturated heterocycles. The van der Waals surface area contributed by atoms with Crippen molar-refractivity contribution in [1.29, 1.82) is 0 Å². The molecule has 0 radical (unpaired) electrons. The Balaban J connectivity index is 2.23. The normalized spacial score (nSPS) is 16.5. The molecule has 0 bridgehead atoms. The fourth-order valence-electron chi connectivity index (χ4n) is 3.34. The second-order valence-corrected chi connectivity index (χ2v) is 10.1. The van der Waals surface area contributed by atoms with Crippen molar-refractivity contribution in [3.05, 3.63) is 51.2 Å². The maximum absolute atomic E-state index is 13.3. The summed E-state index contributed by atoms with van der Waals surface area (Å²) in [5, 5.41) is 12.2. The quantitative estimate of drug-likeness (QED) is 0.423. The molecule has 1 aliphatic rings. The van der Waals surface area contributed by atoms with Gasteiger partial charge in [0.1, 0.15) is 11.7 Å². The van der Waals surface area contributed by atoms with Crippen LogP contribution in [0.5, 0.6) is 0 Å². The molecule has 0 aromatic heterocycles. The highest BCUT2D eigenvalue weighted by molar-refractivity contribution is 8.00. The standard InChI is InChI=1S/C20H18Cl2O2S4/c1-25-11-7-5-9(21)19(27-3)13(11)15-17(23)16(18(15)24)14-12(26-2)8-6-10(22)20(14)28-4/h5-8,15,23H,1-4H3. The number of hydrogen-bond acceptors (Lipinski definition) is 6. The largest absolute Gasteiger partial charge is 0.510 e. The van der Waals surface area contributed by atoms with Crippen LogP contribution in [0.4, 0.5) is 0 Å². The topological polar surface area (TPSA) is 37.3 Å². The van der Waals surface area contributed by atoms with E-state index in [-0.39, 0.29) is 11.5 Å². The molecule has 1 N–H and O–H groups in total. The van der Waals surface area contributed by atoms with Crippen molar-refractivity contribution in [2.24, 2.45) is 0 Å². The van der Waals surface area contributed by atoms with E-state index in [4.69, 9.17) is 23.2 Å². The number of aliphatic hydroxyl groups excluding tert-OH is 1. The highest BCUT2D eigenvalue weighted by atomic mass is 35.5. The number of aliphatic hydroxyl groups is 1. The first-order chi connectivity index (χ1) is 13.4.